The molecule has 0 aromatic carbocycles. The van der Waals surface area contributed by atoms with Crippen molar-refractivity contribution in [3.63, 3.8) is 0 Å². The molecule has 1 aliphatic rings. The Hall–Kier alpha value is -1.45. The maximum absolute atomic E-state index is 11.6. The number of amides is 1. The molecule has 1 amide bonds. The SMILES string of the molecule is CCC(=O)N1CCCC(c2cnccn2)C1. The molecule has 2 heterocycles. The molecule has 0 aliphatic carbocycles. The Balaban J connectivity index is 2.05. The van der Waals surface area contributed by atoms with E-state index < -0.39 is 0 Å². The van der Waals surface area contributed by atoms with Gasteiger partial charge in [0.2, 0.25) is 5.91 Å². The minimum Gasteiger partial charge on any atom is -0.342 e. The first kappa shape index (κ1) is 11.0. The van der Waals surface area contributed by atoms with Crippen molar-refractivity contribution >= 4 is 5.91 Å². The van der Waals surface area contributed by atoms with E-state index >= 15 is 0 Å². The molecule has 4 nitrogen and oxygen atoms in total. The van der Waals surface area contributed by atoms with Crippen molar-refractivity contribution in [2.24, 2.45) is 0 Å². The molecule has 0 saturated carbocycles. The Kier molecular flexibility index (Phi) is 3.49. The van der Waals surface area contributed by atoms with Crippen LogP contribution in [0.25, 0.3) is 0 Å². The number of piperidine rings is 1. The van der Waals surface area contributed by atoms with E-state index in [0.29, 0.717) is 12.3 Å². The number of rotatable bonds is 2. The molecule has 1 aromatic heterocycles. The summed E-state index contributed by atoms with van der Waals surface area (Å²) in [6.45, 7) is 3.60. The van der Waals surface area contributed by atoms with Gasteiger partial charge in [-0.3, -0.25) is 14.8 Å². The average Bonchev–Trinajstić information content (AvgIpc) is 2.39. The standard InChI is InChI=1S/C12H17N3O/c1-2-12(16)15-7-3-4-10(9-15)11-8-13-5-6-14-11/h5-6,8,10H,2-4,7,9H2,1H3. The predicted octanol–water partition coefficient (Wildman–Crippen LogP) is 1.59. The molecule has 1 saturated heterocycles. The molecule has 1 aliphatic heterocycles. The molecule has 1 atom stereocenters. The molecule has 1 unspecified atom stereocenters. The number of nitrogens with zero attached hydrogens (tertiary/aromatic N) is 3. The highest BCUT2D eigenvalue weighted by molar-refractivity contribution is 5.75. The molecule has 16 heavy (non-hydrogen) atoms. The number of carbonyl (C=O) groups excluding carboxylic acids is 1. The Labute approximate surface area is 95.7 Å². The second-order valence-electron chi connectivity index (χ2n) is 4.16. The van der Waals surface area contributed by atoms with Crippen molar-refractivity contribution in [3.05, 3.63) is 24.3 Å². The zero-order chi connectivity index (χ0) is 11.4. The van der Waals surface area contributed by atoms with Gasteiger partial charge < -0.3 is 4.90 Å². The van der Waals surface area contributed by atoms with Gasteiger partial charge in [-0.15, -0.1) is 0 Å². The van der Waals surface area contributed by atoms with Crippen molar-refractivity contribution in [1.82, 2.24) is 14.9 Å². The molecular weight excluding hydrogens is 202 g/mol. The maximum Gasteiger partial charge on any atom is 0.222 e. The molecule has 2 rings (SSSR count). The van der Waals surface area contributed by atoms with Crippen LogP contribution < -0.4 is 0 Å². The Morgan fingerprint density at radius 3 is 3.12 bits per heavy atom. The zero-order valence-electron chi connectivity index (χ0n) is 9.59. The Bertz CT molecular complexity index is 353. The fourth-order valence-corrected chi connectivity index (χ4v) is 2.19. The second kappa shape index (κ2) is 5.05. The van der Waals surface area contributed by atoms with E-state index in [4.69, 9.17) is 0 Å². The maximum atomic E-state index is 11.6. The van der Waals surface area contributed by atoms with Crippen LogP contribution in [0.2, 0.25) is 0 Å². The quantitative estimate of drug-likeness (QED) is 0.759. The van der Waals surface area contributed by atoms with Gasteiger partial charge in [0.1, 0.15) is 0 Å². The minimum atomic E-state index is 0.244. The van der Waals surface area contributed by atoms with Crippen molar-refractivity contribution in [2.45, 2.75) is 32.1 Å². The average molecular weight is 219 g/mol. The van der Waals surface area contributed by atoms with Crippen LogP contribution in [0.5, 0.6) is 0 Å². The van der Waals surface area contributed by atoms with Gasteiger partial charge in [0.05, 0.1) is 5.69 Å². The topological polar surface area (TPSA) is 46.1 Å². The molecule has 1 fully saturated rings. The largest absolute Gasteiger partial charge is 0.342 e. The van der Waals surface area contributed by atoms with Gasteiger partial charge in [0, 0.05) is 44.0 Å². The summed E-state index contributed by atoms with van der Waals surface area (Å²) in [5.41, 5.74) is 1.01. The van der Waals surface area contributed by atoms with E-state index in [-0.39, 0.29) is 5.91 Å². The number of hydrogen-bond donors (Lipinski definition) is 0. The normalized spacial score (nSPS) is 20.8. The number of aromatic nitrogens is 2. The summed E-state index contributed by atoms with van der Waals surface area (Å²) in [5.74, 6) is 0.603. The van der Waals surface area contributed by atoms with Gasteiger partial charge in [-0.25, -0.2) is 0 Å². The van der Waals surface area contributed by atoms with Crippen molar-refractivity contribution < 1.29 is 4.79 Å². The number of carbonyl (C=O) groups is 1. The lowest BCUT2D eigenvalue weighted by atomic mass is 9.95. The lowest BCUT2D eigenvalue weighted by Crippen LogP contribution is -2.38. The predicted molar refractivity (Wildman–Crippen MR) is 60.9 cm³/mol. The van der Waals surface area contributed by atoms with Crippen molar-refractivity contribution in [3.8, 4) is 0 Å². The van der Waals surface area contributed by atoms with Crippen LogP contribution in [0.15, 0.2) is 18.6 Å². The molecule has 86 valence electrons. The first-order valence-electron chi connectivity index (χ1n) is 5.85. The molecule has 4 heteroatoms. The third-order valence-corrected chi connectivity index (χ3v) is 3.08. The van der Waals surface area contributed by atoms with Gasteiger partial charge in [-0.1, -0.05) is 6.92 Å². The van der Waals surface area contributed by atoms with E-state index in [1.54, 1.807) is 12.4 Å². The van der Waals surface area contributed by atoms with Crippen LogP contribution in [-0.2, 0) is 4.79 Å². The number of likely N-dealkylation sites (tertiary alicyclic amines) is 1. The van der Waals surface area contributed by atoms with Crippen molar-refractivity contribution in [2.75, 3.05) is 13.1 Å². The first-order valence-corrected chi connectivity index (χ1v) is 5.85. The smallest absolute Gasteiger partial charge is 0.222 e. The summed E-state index contributed by atoms with van der Waals surface area (Å²) in [6.07, 6.45) is 7.97. The summed E-state index contributed by atoms with van der Waals surface area (Å²) < 4.78 is 0. The summed E-state index contributed by atoms with van der Waals surface area (Å²) in [7, 11) is 0. The van der Waals surface area contributed by atoms with E-state index in [1.165, 1.54) is 0 Å². The third-order valence-electron chi connectivity index (χ3n) is 3.08. The van der Waals surface area contributed by atoms with E-state index in [9.17, 15) is 4.79 Å². The Morgan fingerprint density at radius 1 is 1.56 bits per heavy atom. The van der Waals surface area contributed by atoms with Crippen LogP contribution >= 0.6 is 0 Å². The fraction of sp³-hybridized carbons (Fsp3) is 0.583. The highest BCUT2D eigenvalue weighted by atomic mass is 16.2. The van der Waals surface area contributed by atoms with Gasteiger partial charge in [0.25, 0.3) is 0 Å². The molecular formula is C12H17N3O. The lowest BCUT2D eigenvalue weighted by Gasteiger charge is -2.32. The summed E-state index contributed by atoms with van der Waals surface area (Å²) in [4.78, 5) is 22.0. The molecule has 0 spiro atoms. The van der Waals surface area contributed by atoms with Gasteiger partial charge >= 0.3 is 0 Å². The van der Waals surface area contributed by atoms with Gasteiger partial charge in [0.15, 0.2) is 0 Å². The number of hydrogen-bond acceptors (Lipinski definition) is 3. The van der Waals surface area contributed by atoms with Crippen LogP contribution in [-0.4, -0.2) is 33.9 Å². The third kappa shape index (κ3) is 2.38. The highest BCUT2D eigenvalue weighted by Crippen LogP contribution is 2.25. The van der Waals surface area contributed by atoms with Crippen LogP contribution in [0.4, 0.5) is 0 Å². The molecule has 1 aromatic rings. The first-order chi connectivity index (χ1) is 7.81. The molecule has 0 N–H and O–H groups in total. The highest BCUT2D eigenvalue weighted by Gasteiger charge is 2.24. The summed E-state index contributed by atoms with van der Waals surface area (Å²) >= 11 is 0. The summed E-state index contributed by atoms with van der Waals surface area (Å²) in [6, 6.07) is 0. The van der Waals surface area contributed by atoms with E-state index in [1.807, 2.05) is 18.0 Å². The molecule has 0 radical (unpaired) electrons. The summed E-state index contributed by atoms with van der Waals surface area (Å²) in [5, 5.41) is 0. The molecule has 0 bridgehead atoms. The fourth-order valence-electron chi connectivity index (χ4n) is 2.19. The van der Waals surface area contributed by atoms with Crippen LogP contribution in [0, 0.1) is 0 Å². The van der Waals surface area contributed by atoms with Crippen LogP contribution in [0.3, 0.4) is 0 Å². The minimum absolute atomic E-state index is 0.244. The Morgan fingerprint density at radius 2 is 2.44 bits per heavy atom. The van der Waals surface area contributed by atoms with Gasteiger partial charge in [-0.2, -0.15) is 0 Å². The van der Waals surface area contributed by atoms with E-state index in [0.717, 1.165) is 31.6 Å². The zero-order valence-corrected chi connectivity index (χ0v) is 9.59. The van der Waals surface area contributed by atoms with E-state index in [2.05, 4.69) is 9.97 Å². The van der Waals surface area contributed by atoms with Gasteiger partial charge in [-0.05, 0) is 12.8 Å². The monoisotopic (exact) mass is 219 g/mol. The van der Waals surface area contributed by atoms with Crippen molar-refractivity contribution in [1.29, 1.82) is 0 Å². The van der Waals surface area contributed by atoms with Crippen LogP contribution in [0.1, 0.15) is 37.8 Å². The lowest BCUT2D eigenvalue weighted by molar-refractivity contribution is -0.132. The second-order valence-corrected chi connectivity index (χ2v) is 4.16.